The predicted octanol–water partition coefficient (Wildman–Crippen LogP) is 2.55. The van der Waals surface area contributed by atoms with Crippen LogP contribution in [0.5, 0.6) is 0 Å². The third-order valence-electron chi connectivity index (χ3n) is 2.09. The van der Waals surface area contributed by atoms with E-state index in [2.05, 4.69) is 25.4 Å². The molecule has 0 aliphatic heterocycles. The van der Waals surface area contributed by atoms with Gasteiger partial charge in [-0.25, -0.2) is 9.97 Å². The van der Waals surface area contributed by atoms with Crippen molar-refractivity contribution in [1.29, 1.82) is 0 Å². The van der Waals surface area contributed by atoms with Gasteiger partial charge in [0.05, 0.1) is 17.2 Å². The Balaban J connectivity index is 2.07. The normalized spacial score (nSPS) is 10.9. The average molecular weight is 264 g/mol. The van der Waals surface area contributed by atoms with E-state index < -0.39 is 0 Å². The van der Waals surface area contributed by atoms with Crippen LogP contribution in [0.1, 0.15) is 0 Å². The van der Waals surface area contributed by atoms with Gasteiger partial charge in [-0.2, -0.15) is 10.3 Å². The number of halogens is 1. The van der Waals surface area contributed by atoms with E-state index in [1.54, 1.807) is 6.20 Å². The second kappa shape index (κ2) is 4.31. The molecule has 2 aromatic heterocycles. The monoisotopic (exact) mass is 263 g/mol. The highest BCUT2D eigenvalue weighted by Crippen LogP contribution is 2.30. The molecule has 0 amide bonds. The van der Waals surface area contributed by atoms with Crippen LogP contribution in [-0.2, 0) is 0 Å². The lowest BCUT2D eigenvalue weighted by Gasteiger charge is -2.02. The Morgan fingerprint density at radius 3 is 2.59 bits per heavy atom. The molecule has 0 aliphatic carbocycles. The number of rotatable bonds is 2. The Morgan fingerprint density at radius 2 is 1.88 bits per heavy atom. The molecule has 17 heavy (non-hydrogen) atoms. The molecule has 0 saturated carbocycles. The fourth-order valence-electron chi connectivity index (χ4n) is 1.37. The molecule has 0 unspecified atom stereocenters. The quantitative estimate of drug-likeness (QED) is 0.770. The van der Waals surface area contributed by atoms with Gasteiger partial charge in [0.2, 0.25) is 0 Å². The number of aromatic nitrogens is 5. The molecule has 1 aromatic carbocycles. The lowest BCUT2D eigenvalue weighted by molar-refractivity contribution is 0.910. The molecule has 1 N–H and O–H groups in total. The van der Waals surface area contributed by atoms with Crippen molar-refractivity contribution in [2.75, 3.05) is 0 Å². The van der Waals surface area contributed by atoms with Crippen LogP contribution >= 0.6 is 23.4 Å². The minimum atomic E-state index is 0.372. The molecule has 0 fully saturated rings. The van der Waals surface area contributed by atoms with Gasteiger partial charge >= 0.3 is 0 Å². The maximum atomic E-state index is 6.07. The van der Waals surface area contributed by atoms with Crippen LogP contribution in [0.4, 0.5) is 0 Å². The summed E-state index contributed by atoms with van der Waals surface area (Å²) in [5, 5.41) is 11.9. The molecule has 0 aliphatic rings. The van der Waals surface area contributed by atoms with E-state index in [-0.39, 0.29) is 0 Å². The van der Waals surface area contributed by atoms with Gasteiger partial charge in [-0.05, 0) is 23.9 Å². The first-order valence-corrected chi connectivity index (χ1v) is 5.98. The zero-order valence-electron chi connectivity index (χ0n) is 8.46. The summed E-state index contributed by atoms with van der Waals surface area (Å²) in [6.07, 6.45) is 1.61. The van der Waals surface area contributed by atoms with E-state index in [9.17, 15) is 0 Å². The van der Waals surface area contributed by atoms with E-state index in [0.717, 1.165) is 11.0 Å². The number of hydrogen-bond acceptors (Lipinski definition) is 5. The lowest BCUT2D eigenvalue weighted by atomic mass is 10.3. The molecule has 5 nitrogen and oxygen atoms in total. The summed E-state index contributed by atoms with van der Waals surface area (Å²) in [4.78, 5) is 8.72. The highest BCUT2D eigenvalue weighted by molar-refractivity contribution is 7.99. The summed E-state index contributed by atoms with van der Waals surface area (Å²) in [6, 6.07) is 7.58. The highest BCUT2D eigenvalue weighted by atomic mass is 35.5. The van der Waals surface area contributed by atoms with Gasteiger partial charge in [0, 0.05) is 0 Å². The number of benzene rings is 1. The minimum absolute atomic E-state index is 0.372. The summed E-state index contributed by atoms with van der Waals surface area (Å²) in [6.45, 7) is 0. The molecular formula is C10H6ClN5S. The van der Waals surface area contributed by atoms with Crippen LogP contribution < -0.4 is 0 Å². The van der Waals surface area contributed by atoms with Crippen LogP contribution in [0.15, 0.2) is 40.5 Å². The van der Waals surface area contributed by atoms with Gasteiger partial charge in [0.1, 0.15) is 10.1 Å². The second-order valence-electron chi connectivity index (χ2n) is 3.22. The van der Waals surface area contributed by atoms with E-state index in [0.29, 0.717) is 15.2 Å². The molecule has 0 radical (unpaired) electrons. The predicted molar refractivity (Wildman–Crippen MR) is 65.1 cm³/mol. The van der Waals surface area contributed by atoms with Crippen molar-refractivity contribution in [3.05, 3.63) is 35.6 Å². The fourth-order valence-corrected chi connectivity index (χ4v) is 2.28. The van der Waals surface area contributed by atoms with Crippen molar-refractivity contribution < 1.29 is 0 Å². The lowest BCUT2D eigenvalue weighted by Crippen LogP contribution is -1.89. The zero-order chi connectivity index (χ0) is 11.7. The van der Waals surface area contributed by atoms with Crippen LogP contribution in [0.3, 0.4) is 0 Å². The summed E-state index contributed by atoms with van der Waals surface area (Å²) in [5.41, 5.74) is 1.59. The largest absolute Gasteiger partial charge is 0.236 e. The summed E-state index contributed by atoms with van der Waals surface area (Å²) >= 11 is 7.39. The molecule has 84 valence electrons. The molecule has 3 rings (SSSR count). The van der Waals surface area contributed by atoms with Gasteiger partial charge in [-0.3, -0.25) is 0 Å². The van der Waals surface area contributed by atoms with Gasteiger partial charge in [-0.15, -0.1) is 5.10 Å². The molecule has 0 atom stereocenters. The van der Waals surface area contributed by atoms with Crippen LogP contribution in [0.25, 0.3) is 11.0 Å². The number of para-hydroxylation sites is 2. The molecule has 0 saturated heterocycles. The molecule has 0 spiro atoms. The molecule has 2 heterocycles. The number of aromatic amines is 1. The van der Waals surface area contributed by atoms with Crippen molar-refractivity contribution in [3.63, 3.8) is 0 Å². The Morgan fingerprint density at radius 1 is 1.12 bits per heavy atom. The maximum absolute atomic E-state index is 6.07. The Labute approximate surface area is 106 Å². The maximum Gasteiger partial charge on any atom is 0.162 e. The minimum Gasteiger partial charge on any atom is -0.236 e. The summed E-state index contributed by atoms with van der Waals surface area (Å²) < 4.78 is 0. The molecule has 3 aromatic rings. The van der Waals surface area contributed by atoms with Gasteiger partial charge in [0.15, 0.2) is 5.15 Å². The van der Waals surface area contributed by atoms with Crippen molar-refractivity contribution in [2.45, 2.75) is 10.1 Å². The van der Waals surface area contributed by atoms with Crippen molar-refractivity contribution in [3.8, 4) is 0 Å². The standard InChI is InChI=1S/C10H6ClN5S/c11-9-10(17-8-5-12-16-15-8)14-7-4-2-1-3-6(7)13-9/h1-5H,(H,12,15,16). The van der Waals surface area contributed by atoms with Crippen LogP contribution in [0, 0.1) is 0 Å². The van der Waals surface area contributed by atoms with E-state index in [1.165, 1.54) is 11.8 Å². The Hall–Kier alpha value is -1.66. The number of fused-ring (bicyclic) bond motifs is 1. The Bertz CT molecular complexity index is 655. The number of hydrogen-bond donors (Lipinski definition) is 1. The van der Waals surface area contributed by atoms with E-state index in [1.807, 2.05) is 24.3 Å². The highest BCUT2D eigenvalue weighted by Gasteiger charge is 2.09. The first kappa shape index (κ1) is 10.5. The average Bonchev–Trinajstić information content (AvgIpc) is 2.83. The second-order valence-corrected chi connectivity index (χ2v) is 4.59. The Kier molecular flexibility index (Phi) is 2.66. The number of nitrogens with zero attached hydrogens (tertiary/aromatic N) is 4. The SMILES string of the molecule is Clc1nc2ccccc2nc1Sc1cn[nH]n1. The smallest absolute Gasteiger partial charge is 0.162 e. The van der Waals surface area contributed by atoms with Crippen molar-refractivity contribution in [1.82, 2.24) is 25.4 Å². The summed E-state index contributed by atoms with van der Waals surface area (Å²) in [5.74, 6) is 0. The molecule has 0 bridgehead atoms. The summed E-state index contributed by atoms with van der Waals surface area (Å²) in [7, 11) is 0. The molecule has 7 heteroatoms. The topological polar surface area (TPSA) is 67.3 Å². The third kappa shape index (κ3) is 2.09. The van der Waals surface area contributed by atoms with E-state index in [4.69, 9.17) is 11.6 Å². The van der Waals surface area contributed by atoms with Crippen LogP contribution in [-0.4, -0.2) is 25.4 Å². The van der Waals surface area contributed by atoms with E-state index >= 15 is 0 Å². The van der Waals surface area contributed by atoms with Gasteiger partial charge in [0.25, 0.3) is 0 Å². The fraction of sp³-hybridized carbons (Fsp3) is 0. The van der Waals surface area contributed by atoms with Gasteiger partial charge in [-0.1, -0.05) is 23.7 Å². The van der Waals surface area contributed by atoms with Crippen molar-refractivity contribution >= 4 is 34.4 Å². The molecular weight excluding hydrogens is 258 g/mol. The first-order chi connectivity index (χ1) is 8.33. The zero-order valence-corrected chi connectivity index (χ0v) is 10.0. The van der Waals surface area contributed by atoms with Gasteiger partial charge < -0.3 is 0 Å². The number of H-pyrrole nitrogens is 1. The number of nitrogens with one attached hydrogen (secondary N) is 1. The first-order valence-electron chi connectivity index (χ1n) is 4.79. The third-order valence-corrected chi connectivity index (χ3v) is 3.35. The van der Waals surface area contributed by atoms with Crippen molar-refractivity contribution in [2.24, 2.45) is 0 Å². The van der Waals surface area contributed by atoms with Crippen LogP contribution in [0.2, 0.25) is 5.15 Å².